The summed E-state index contributed by atoms with van der Waals surface area (Å²) in [4.78, 5) is 31.9. The number of rotatable bonds is 4. The molecule has 0 bridgehead atoms. The first-order valence-electron chi connectivity index (χ1n) is 9.16. The fourth-order valence-corrected chi connectivity index (χ4v) is 3.57. The molecule has 0 fully saturated rings. The number of carboxylic acid groups (broad SMARTS) is 1. The first-order chi connectivity index (χ1) is 14.0. The fraction of sp³-hybridized carbons (Fsp3) is 0.182. The quantitative estimate of drug-likeness (QED) is 0.695. The molecule has 4 rings (SSSR count). The summed E-state index contributed by atoms with van der Waals surface area (Å²) in [6, 6.07) is 16.0. The average Bonchev–Trinajstić information content (AvgIpc) is 3.03. The van der Waals surface area contributed by atoms with E-state index in [9.17, 15) is 14.7 Å². The number of aryl methyl sites for hydroxylation is 2. The van der Waals surface area contributed by atoms with Crippen molar-refractivity contribution in [1.82, 2.24) is 9.97 Å². The van der Waals surface area contributed by atoms with Crippen LogP contribution in [0, 0.1) is 13.8 Å². The van der Waals surface area contributed by atoms with Crippen LogP contribution in [0.5, 0.6) is 0 Å². The van der Waals surface area contributed by atoms with E-state index in [0.717, 1.165) is 22.3 Å². The number of aromatic nitrogens is 2. The highest BCUT2D eigenvalue weighted by atomic mass is 16.5. The van der Waals surface area contributed by atoms with E-state index in [0.29, 0.717) is 11.4 Å². The van der Waals surface area contributed by atoms with Crippen molar-refractivity contribution in [2.24, 2.45) is 0 Å². The van der Waals surface area contributed by atoms with Gasteiger partial charge in [-0.3, -0.25) is 5.32 Å². The third-order valence-electron chi connectivity index (χ3n) is 5.07. The number of benzene rings is 2. The first-order valence-corrected chi connectivity index (χ1v) is 9.16. The Morgan fingerprint density at radius 3 is 2.10 bits per heavy atom. The van der Waals surface area contributed by atoms with Crippen molar-refractivity contribution < 1.29 is 19.4 Å². The molecule has 0 aliphatic heterocycles. The van der Waals surface area contributed by atoms with Gasteiger partial charge in [-0.05, 0) is 36.1 Å². The molecule has 1 aliphatic carbocycles. The van der Waals surface area contributed by atoms with E-state index in [-0.39, 0.29) is 24.0 Å². The first kappa shape index (κ1) is 18.6. The molecule has 1 aliphatic rings. The lowest BCUT2D eigenvalue weighted by Gasteiger charge is -2.15. The molecule has 7 heteroatoms. The number of anilines is 1. The van der Waals surface area contributed by atoms with E-state index >= 15 is 0 Å². The van der Waals surface area contributed by atoms with Crippen LogP contribution < -0.4 is 5.32 Å². The molecule has 2 aromatic carbocycles. The van der Waals surface area contributed by atoms with Crippen LogP contribution in [0.1, 0.15) is 38.9 Å². The maximum atomic E-state index is 12.4. The largest absolute Gasteiger partial charge is 0.476 e. The van der Waals surface area contributed by atoms with Crippen molar-refractivity contribution in [1.29, 1.82) is 0 Å². The zero-order valence-electron chi connectivity index (χ0n) is 16.0. The molecule has 0 saturated heterocycles. The molecule has 0 atom stereocenters. The molecule has 29 heavy (non-hydrogen) atoms. The van der Waals surface area contributed by atoms with Gasteiger partial charge >= 0.3 is 12.1 Å². The normalized spacial score (nSPS) is 12.2. The number of carboxylic acids is 1. The van der Waals surface area contributed by atoms with Gasteiger partial charge in [0.2, 0.25) is 0 Å². The van der Waals surface area contributed by atoms with Crippen molar-refractivity contribution in [2.75, 3.05) is 11.9 Å². The molecule has 1 aromatic heterocycles. The summed E-state index contributed by atoms with van der Waals surface area (Å²) >= 11 is 0. The van der Waals surface area contributed by atoms with Crippen molar-refractivity contribution in [3.05, 3.63) is 76.7 Å². The Kier molecular flexibility index (Phi) is 4.72. The number of hydrogen-bond acceptors (Lipinski definition) is 5. The molecule has 146 valence electrons. The lowest BCUT2D eigenvalue weighted by atomic mass is 9.98. The summed E-state index contributed by atoms with van der Waals surface area (Å²) in [5.41, 5.74) is 5.15. The Morgan fingerprint density at radius 2 is 1.52 bits per heavy atom. The number of carbonyl (C=O) groups excluding carboxylic acids is 1. The molecule has 0 radical (unpaired) electrons. The zero-order valence-corrected chi connectivity index (χ0v) is 16.0. The van der Waals surface area contributed by atoms with Crippen LogP contribution in [-0.2, 0) is 4.74 Å². The smallest absolute Gasteiger partial charge is 0.412 e. The molecule has 0 saturated carbocycles. The monoisotopic (exact) mass is 389 g/mol. The highest BCUT2D eigenvalue weighted by Crippen LogP contribution is 2.44. The number of carbonyl (C=O) groups is 2. The molecule has 1 heterocycles. The van der Waals surface area contributed by atoms with Gasteiger partial charge in [0.15, 0.2) is 11.5 Å². The minimum atomic E-state index is -1.27. The lowest BCUT2D eigenvalue weighted by molar-refractivity contribution is 0.0691. The topological polar surface area (TPSA) is 101 Å². The standard InChI is InChI=1S/C22H19N3O4/c1-12-13(2)24-20(19(23-12)21(26)27)25-22(28)29-11-18-16-9-5-3-7-14(16)15-8-4-6-10-17(15)18/h3-10,18H,11H2,1-2H3,(H,26,27)(H,24,25,28). The van der Waals surface area contributed by atoms with Gasteiger partial charge in [0.05, 0.1) is 11.4 Å². The Hall–Kier alpha value is -3.74. The third-order valence-corrected chi connectivity index (χ3v) is 5.07. The number of fused-ring (bicyclic) bond motifs is 3. The zero-order chi connectivity index (χ0) is 20.5. The number of nitrogens with zero attached hydrogens (tertiary/aromatic N) is 2. The summed E-state index contributed by atoms with van der Waals surface area (Å²) in [5.74, 6) is -1.48. The van der Waals surface area contributed by atoms with Gasteiger partial charge < -0.3 is 9.84 Å². The maximum Gasteiger partial charge on any atom is 0.412 e. The van der Waals surface area contributed by atoms with E-state index in [1.165, 1.54) is 0 Å². The van der Waals surface area contributed by atoms with Crippen LogP contribution in [0.15, 0.2) is 48.5 Å². The van der Waals surface area contributed by atoms with Crippen LogP contribution >= 0.6 is 0 Å². The van der Waals surface area contributed by atoms with E-state index in [4.69, 9.17) is 4.74 Å². The van der Waals surface area contributed by atoms with E-state index in [1.54, 1.807) is 13.8 Å². The van der Waals surface area contributed by atoms with Crippen molar-refractivity contribution in [3.8, 4) is 11.1 Å². The SMILES string of the molecule is Cc1nc(NC(=O)OCC2c3ccccc3-c3ccccc32)c(C(=O)O)nc1C. The average molecular weight is 389 g/mol. The minimum absolute atomic E-state index is 0.0852. The number of ether oxygens (including phenoxy) is 1. The van der Waals surface area contributed by atoms with Gasteiger partial charge in [0.25, 0.3) is 0 Å². The van der Waals surface area contributed by atoms with E-state index in [1.807, 2.05) is 36.4 Å². The predicted octanol–water partition coefficient (Wildman–Crippen LogP) is 4.15. The van der Waals surface area contributed by atoms with Crippen LogP contribution in [0.25, 0.3) is 11.1 Å². The molecule has 2 N–H and O–H groups in total. The number of amides is 1. The van der Waals surface area contributed by atoms with E-state index in [2.05, 4.69) is 27.4 Å². The van der Waals surface area contributed by atoms with Gasteiger partial charge in [0, 0.05) is 5.92 Å². The predicted molar refractivity (Wildman–Crippen MR) is 107 cm³/mol. The molecule has 3 aromatic rings. The second-order valence-corrected chi connectivity index (χ2v) is 6.85. The highest BCUT2D eigenvalue weighted by molar-refractivity contribution is 5.95. The van der Waals surface area contributed by atoms with Crippen molar-refractivity contribution in [2.45, 2.75) is 19.8 Å². The van der Waals surface area contributed by atoms with Gasteiger partial charge in [0.1, 0.15) is 6.61 Å². The molecule has 0 spiro atoms. The van der Waals surface area contributed by atoms with E-state index < -0.39 is 12.1 Å². The molecular formula is C22H19N3O4. The second kappa shape index (κ2) is 7.35. The Morgan fingerprint density at radius 1 is 0.966 bits per heavy atom. The Balaban J connectivity index is 1.53. The minimum Gasteiger partial charge on any atom is -0.476 e. The summed E-state index contributed by atoms with van der Waals surface area (Å²) in [6.07, 6.45) is -0.771. The molecular weight excluding hydrogens is 370 g/mol. The van der Waals surface area contributed by atoms with Crippen molar-refractivity contribution in [3.63, 3.8) is 0 Å². The van der Waals surface area contributed by atoms with Crippen LogP contribution in [0.4, 0.5) is 10.6 Å². The Labute approximate surface area is 167 Å². The van der Waals surface area contributed by atoms with Crippen LogP contribution in [0.3, 0.4) is 0 Å². The van der Waals surface area contributed by atoms with Gasteiger partial charge in [-0.2, -0.15) is 0 Å². The number of aromatic carboxylic acids is 1. The number of nitrogens with one attached hydrogen (secondary N) is 1. The fourth-order valence-electron chi connectivity index (χ4n) is 3.57. The van der Waals surface area contributed by atoms with Crippen LogP contribution in [0.2, 0.25) is 0 Å². The Bertz CT molecular complexity index is 1080. The van der Waals surface area contributed by atoms with Crippen molar-refractivity contribution >= 4 is 17.9 Å². The van der Waals surface area contributed by atoms with Gasteiger partial charge in [-0.1, -0.05) is 48.5 Å². The summed E-state index contributed by atoms with van der Waals surface area (Å²) in [7, 11) is 0. The molecule has 7 nitrogen and oxygen atoms in total. The third kappa shape index (κ3) is 3.42. The lowest BCUT2D eigenvalue weighted by Crippen LogP contribution is -2.21. The summed E-state index contributed by atoms with van der Waals surface area (Å²) in [5, 5.41) is 11.7. The number of hydrogen-bond donors (Lipinski definition) is 2. The molecule has 1 amide bonds. The summed E-state index contributed by atoms with van der Waals surface area (Å²) < 4.78 is 5.44. The summed E-state index contributed by atoms with van der Waals surface area (Å²) in [6.45, 7) is 3.48. The maximum absolute atomic E-state index is 12.4. The van der Waals surface area contributed by atoms with Crippen LogP contribution in [-0.4, -0.2) is 33.7 Å². The molecule has 0 unspecified atom stereocenters. The second-order valence-electron chi connectivity index (χ2n) is 6.85. The highest BCUT2D eigenvalue weighted by Gasteiger charge is 2.29. The van der Waals surface area contributed by atoms with Gasteiger partial charge in [-0.25, -0.2) is 19.6 Å². The van der Waals surface area contributed by atoms with Gasteiger partial charge in [-0.15, -0.1) is 0 Å².